The van der Waals surface area contributed by atoms with Crippen LogP contribution in [-0.4, -0.2) is 36.8 Å². The first-order valence-electron chi connectivity index (χ1n) is 11.3. The molecule has 0 aliphatic carbocycles. The highest BCUT2D eigenvalue weighted by molar-refractivity contribution is 7.91. The van der Waals surface area contributed by atoms with Gasteiger partial charge in [-0.3, -0.25) is 4.79 Å². The molecule has 0 aliphatic rings. The zero-order valence-electron chi connectivity index (χ0n) is 19.6. The van der Waals surface area contributed by atoms with Gasteiger partial charge in [0.15, 0.2) is 9.84 Å². The monoisotopic (exact) mass is 548 g/mol. The zero-order valence-corrected chi connectivity index (χ0v) is 21.3. The summed E-state index contributed by atoms with van der Waals surface area (Å²) in [7, 11) is -3.36. The van der Waals surface area contributed by atoms with Crippen LogP contribution in [0.5, 0.6) is 0 Å². The summed E-state index contributed by atoms with van der Waals surface area (Å²) in [5.74, 6) is -0.471. The van der Waals surface area contributed by atoms with E-state index in [1.807, 2.05) is 0 Å². The maximum Gasteiger partial charge on any atom is 0.416 e. The molecule has 0 fully saturated rings. The SMILES string of the molecule is CCS(=O)(=O)c1ccc([C@H](CO)NC(=O)c2ccc3sc(Cc4ccc(C(F)(F)F)cc4)nc3c2)cc1. The molecule has 0 aliphatic heterocycles. The Hall–Kier alpha value is -3.28. The lowest BCUT2D eigenvalue weighted by molar-refractivity contribution is -0.137. The third-order valence-electron chi connectivity index (χ3n) is 5.84. The first-order valence-corrected chi connectivity index (χ1v) is 13.8. The lowest BCUT2D eigenvalue weighted by Crippen LogP contribution is -2.30. The van der Waals surface area contributed by atoms with Gasteiger partial charge in [-0.1, -0.05) is 31.2 Å². The summed E-state index contributed by atoms with van der Waals surface area (Å²) in [4.78, 5) is 17.6. The highest BCUT2D eigenvalue weighted by Crippen LogP contribution is 2.30. The zero-order chi connectivity index (χ0) is 26.8. The van der Waals surface area contributed by atoms with Gasteiger partial charge in [0.1, 0.15) is 0 Å². The van der Waals surface area contributed by atoms with Crippen molar-refractivity contribution in [1.82, 2.24) is 10.3 Å². The number of sulfone groups is 1. The van der Waals surface area contributed by atoms with Crippen molar-refractivity contribution in [2.45, 2.75) is 30.5 Å². The van der Waals surface area contributed by atoms with E-state index in [2.05, 4.69) is 10.3 Å². The number of aromatic nitrogens is 1. The first kappa shape index (κ1) is 26.8. The topological polar surface area (TPSA) is 96.4 Å². The molecular weight excluding hydrogens is 525 g/mol. The van der Waals surface area contributed by atoms with E-state index < -0.39 is 33.5 Å². The molecule has 2 N–H and O–H groups in total. The molecule has 0 unspecified atom stereocenters. The molecule has 11 heteroatoms. The van der Waals surface area contributed by atoms with Gasteiger partial charge < -0.3 is 10.4 Å². The quantitative estimate of drug-likeness (QED) is 0.317. The Morgan fingerprint density at radius 1 is 1.05 bits per heavy atom. The molecule has 0 saturated heterocycles. The number of carbonyl (C=O) groups excluding carboxylic acids is 1. The molecule has 4 rings (SSSR count). The molecule has 37 heavy (non-hydrogen) atoms. The molecule has 4 aromatic rings. The van der Waals surface area contributed by atoms with E-state index in [1.54, 1.807) is 37.3 Å². The Kier molecular flexibility index (Phi) is 7.67. The lowest BCUT2D eigenvalue weighted by Gasteiger charge is -2.17. The highest BCUT2D eigenvalue weighted by atomic mass is 32.2. The number of alkyl halides is 3. The Morgan fingerprint density at radius 2 is 1.73 bits per heavy atom. The van der Waals surface area contributed by atoms with Crippen molar-refractivity contribution in [3.05, 3.63) is 94.0 Å². The second kappa shape index (κ2) is 10.6. The van der Waals surface area contributed by atoms with Crippen LogP contribution >= 0.6 is 11.3 Å². The van der Waals surface area contributed by atoms with Crippen LogP contribution < -0.4 is 5.32 Å². The third kappa shape index (κ3) is 6.17. The van der Waals surface area contributed by atoms with Crippen LogP contribution in [0.15, 0.2) is 71.6 Å². The number of nitrogens with zero attached hydrogens (tertiary/aromatic N) is 1. The van der Waals surface area contributed by atoms with Gasteiger partial charge >= 0.3 is 6.18 Å². The van der Waals surface area contributed by atoms with Crippen molar-refractivity contribution in [1.29, 1.82) is 0 Å². The van der Waals surface area contributed by atoms with Gasteiger partial charge in [0.2, 0.25) is 0 Å². The third-order valence-corrected chi connectivity index (χ3v) is 8.63. The van der Waals surface area contributed by atoms with Crippen LogP contribution in [0.4, 0.5) is 13.2 Å². The maximum atomic E-state index is 12.9. The number of rotatable bonds is 8. The summed E-state index contributed by atoms with van der Waals surface area (Å²) in [6.07, 6.45) is -4.03. The van der Waals surface area contributed by atoms with Gasteiger partial charge in [-0.05, 0) is 53.6 Å². The molecule has 1 heterocycles. The molecule has 1 amide bonds. The number of amides is 1. The van der Waals surface area contributed by atoms with Gasteiger partial charge in [-0.25, -0.2) is 13.4 Å². The molecule has 194 valence electrons. The number of halogens is 3. The number of fused-ring (bicyclic) bond motifs is 1. The van der Waals surface area contributed by atoms with Gasteiger partial charge in [-0.2, -0.15) is 13.2 Å². The minimum atomic E-state index is -4.39. The van der Waals surface area contributed by atoms with Crippen LogP contribution in [0.1, 0.15) is 45.0 Å². The summed E-state index contributed by atoms with van der Waals surface area (Å²) in [5.41, 5.74) is 1.43. The number of benzene rings is 3. The number of hydrogen-bond donors (Lipinski definition) is 2. The molecule has 3 aromatic carbocycles. The number of hydrogen-bond acceptors (Lipinski definition) is 6. The minimum Gasteiger partial charge on any atom is -0.394 e. The normalized spacial score (nSPS) is 13.0. The molecule has 0 saturated carbocycles. The second-order valence-corrected chi connectivity index (χ2v) is 11.7. The Balaban J connectivity index is 1.48. The summed E-state index contributed by atoms with van der Waals surface area (Å²) in [5, 5.41) is 13.3. The van der Waals surface area contributed by atoms with Crippen molar-refractivity contribution < 1.29 is 31.5 Å². The predicted molar refractivity (Wildman–Crippen MR) is 135 cm³/mol. The standard InChI is InChI=1S/C26H23F3N2O4S2/c1-2-37(34,35)20-10-5-17(6-11-20)22(15-32)31-25(33)18-7-12-23-21(14-18)30-24(36-23)13-16-3-8-19(9-4-16)26(27,28)29/h3-12,14,22,32H,2,13,15H2,1H3,(H,31,33)/t22-/m0/s1. The second-order valence-electron chi connectivity index (χ2n) is 8.34. The first-order chi connectivity index (χ1) is 17.5. The molecule has 0 spiro atoms. The minimum absolute atomic E-state index is 0.0301. The fourth-order valence-electron chi connectivity index (χ4n) is 3.73. The van der Waals surface area contributed by atoms with E-state index in [4.69, 9.17) is 0 Å². The van der Waals surface area contributed by atoms with Crippen LogP contribution in [0.3, 0.4) is 0 Å². The fraction of sp³-hybridized carbons (Fsp3) is 0.231. The van der Waals surface area contributed by atoms with E-state index >= 15 is 0 Å². The molecule has 0 bridgehead atoms. The summed E-state index contributed by atoms with van der Waals surface area (Å²) in [6, 6.07) is 15.2. The van der Waals surface area contributed by atoms with E-state index in [1.165, 1.54) is 35.6 Å². The van der Waals surface area contributed by atoms with Crippen LogP contribution in [0.25, 0.3) is 10.2 Å². The van der Waals surface area contributed by atoms with Crippen molar-refractivity contribution in [2.75, 3.05) is 12.4 Å². The average Bonchev–Trinajstić information content (AvgIpc) is 3.28. The van der Waals surface area contributed by atoms with Crippen LogP contribution in [0.2, 0.25) is 0 Å². The number of nitrogens with one attached hydrogen (secondary N) is 1. The van der Waals surface area contributed by atoms with Gasteiger partial charge in [-0.15, -0.1) is 11.3 Å². The van der Waals surface area contributed by atoms with Crippen molar-refractivity contribution >= 4 is 37.3 Å². The van der Waals surface area contributed by atoms with Crippen molar-refractivity contribution in [3.8, 4) is 0 Å². The summed E-state index contributed by atoms with van der Waals surface area (Å²) in [6.45, 7) is 1.17. The van der Waals surface area contributed by atoms with E-state index in [0.29, 0.717) is 33.6 Å². The lowest BCUT2D eigenvalue weighted by atomic mass is 10.1. The Labute approximate surface area is 215 Å². The fourth-order valence-corrected chi connectivity index (χ4v) is 5.59. The van der Waals surface area contributed by atoms with Crippen LogP contribution in [-0.2, 0) is 22.4 Å². The molecule has 0 radical (unpaired) electrons. The summed E-state index contributed by atoms with van der Waals surface area (Å²) >= 11 is 1.39. The number of carbonyl (C=O) groups is 1. The van der Waals surface area contributed by atoms with Gasteiger partial charge in [0, 0.05) is 12.0 Å². The molecular formula is C26H23F3N2O4S2. The van der Waals surface area contributed by atoms with Crippen molar-refractivity contribution in [3.63, 3.8) is 0 Å². The number of aliphatic hydroxyl groups excluding tert-OH is 1. The van der Waals surface area contributed by atoms with Gasteiger partial charge in [0.05, 0.1) is 44.1 Å². The largest absolute Gasteiger partial charge is 0.416 e. The average molecular weight is 549 g/mol. The highest BCUT2D eigenvalue weighted by Gasteiger charge is 2.30. The number of thiazole rings is 1. The number of aliphatic hydroxyl groups is 1. The van der Waals surface area contributed by atoms with E-state index in [9.17, 15) is 31.5 Å². The smallest absolute Gasteiger partial charge is 0.394 e. The maximum absolute atomic E-state index is 12.9. The van der Waals surface area contributed by atoms with Crippen LogP contribution in [0, 0.1) is 0 Å². The molecule has 1 atom stereocenters. The van der Waals surface area contributed by atoms with Gasteiger partial charge in [0.25, 0.3) is 5.91 Å². The Morgan fingerprint density at radius 3 is 2.32 bits per heavy atom. The van der Waals surface area contributed by atoms with E-state index in [0.717, 1.165) is 16.8 Å². The Bertz CT molecular complexity index is 1510. The molecule has 1 aromatic heterocycles. The van der Waals surface area contributed by atoms with Crippen molar-refractivity contribution in [2.24, 2.45) is 0 Å². The summed E-state index contributed by atoms with van der Waals surface area (Å²) < 4.78 is 63.2. The molecule has 6 nitrogen and oxygen atoms in total. The van der Waals surface area contributed by atoms with E-state index in [-0.39, 0.29) is 17.3 Å². The predicted octanol–water partition coefficient (Wildman–Crippen LogP) is 5.16.